The fraction of sp³-hybridized carbons (Fsp3) is 0.0323. The Balaban J connectivity index is 1.07. The Labute approximate surface area is 410 Å². The van der Waals surface area contributed by atoms with Crippen LogP contribution in [0, 0.1) is 12.7 Å². The number of fused-ring (bicyclic) bond motifs is 2. The molecule has 8 aromatic carbocycles. The Morgan fingerprint density at radius 1 is 0.329 bits per heavy atom. The molecule has 0 amide bonds. The van der Waals surface area contributed by atoms with Gasteiger partial charge in [-0.25, -0.2) is 0 Å². The summed E-state index contributed by atoms with van der Waals surface area (Å²) in [6, 6.07) is 88.6. The molecule has 12 rings (SSSR count). The molecule has 12 aromatic rings. The van der Waals surface area contributed by atoms with Crippen LogP contribution in [0.15, 0.2) is 255 Å². The van der Waals surface area contributed by atoms with Gasteiger partial charge in [0, 0.05) is 12.4 Å². The predicted octanol–water partition coefficient (Wildman–Crippen LogP) is 6.04. The fourth-order valence-corrected chi connectivity index (χ4v) is 20.4. The molecule has 70 heavy (non-hydrogen) atoms. The third-order valence-corrected chi connectivity index (χ3v) is 23.5. The minimum absolute atomic E-state index is 0.828. The van der Waals surface area contributed by atoms with Crippen LogP contribution < -0.4 is 50.6 Å². The van der Waals surface area contributed by atoms with Crippen LogP contribution in [0.1, 0.15) is 0 Å². The Kier molecular flexibility index (Phi) is 10.9. The molecule has 0 saturated heterocycles. The van der Waals surface area contributed by atoms with E-state index < -0.39 is 16.1 Å². The maximum atomic E-state index is 5.19. The van der Waals surface area contributed by atoms with Crippen LogP contribution >= 0.6 is 0 Å². The summed E-state index contributed by atoms with van der Waals surface area (Å²) in [7, 11) is -1.99. The summed E-state index contributed by atoms with van der Waals surface area (Å²) in [5, 5.41) is 10.1. The summed E-state index contributed by atoms with van der Waals surface area (Å²) < 4.78 is 8.52. The van der Waals surface area contributed by atoms with Gasteiger partial charge in [-0.2, -0.15) is 0 Å². The third kappa shape index (κ3) is 7.07. The van der Waals surface area contributed by atoms with Crippen molar-refractivity contribution in [1.29, 1.82) is 0 Å². The van der Waals surface area contributed by atoms with Gasteiger partial charge in [-0.1, -0.05) is 229 Å². The highest BCUT2D eigenvalue weighted by Gasteiger charge is 2.43. The summed E-state index contributed by atoms with van der Waals surface area (Å²) in [5.74, 6) is 0. The molecule has 6 nitrogen and oxygen atoms in total. The highest BCUT2D eigenvalue weighted by Crippen LogP contribution is 2.20. The van der Waals surface area contributed by atoms with Crippen LogP contribution in [-0.4, -0.2) is 35.2 Å². The van der Waals surface area contributed by atoms with Crippen molar-refractivity contribution in [2.24, 2.45) is 14.1 Å². The second-order valence-corrected chi connectivity index (χ2v) is 25.5. The van der Waals surface area contributed by atoms with Crippen molar-refractivity contribution in [3.05, 3.63) is 268 Å². The molecule has 0 spiro atoms. The van der Waals surface area contributed by atoms with Crippen LogP contribution in [0.3, 0.4) is 0 Å². The average Bonchev–Trinajstić information content (AvgIpc) is 3.96. The van der Waals surface area contributed by atoms with E-state index in [0.29, 0.717) is 0 Å². The lowest BCUT2D eigenvalue weighted by Gasteiger charge is -2.35. The van der Waals surface area contributed by atoms with Gasteiger partial charge in [0.15, 0.2) is 16.1 Å². The van der Waals surface area contributed by atoms with Gasteiger partial charge >= 0.3 is 0 Å². The molecule has 0 N–H and O–H groups in total. The molecule has 4 aromatic heterocycles. The minimum Gasteiger partial charge on any atom is -0.319 e. The van der Waals surface area contributed by atoms with Crippen molar-refractivity contribution in [3.8, 4) is 22.8 Å². The summed E-state index contributed by atoms with van der Waals surface area (Å²) in [6.45, 7) is 0. The molecule has 0 saturated carbocycles. The van der Waals surface area contributed by atoms with Crippen molar-refractivity contribution in [3.63, 3.8) is 0 Å². The normalized spacial score (nSPS) is 11.9. The number of para-hydroxylation sites is 4. The Morgan fingerprint density at radius 2 is 0.643 bits per heavy atom. The van der Waals surface area contributed by atoms with Gasteiger partial charge < -0.3 is 18.3 Å². The number of hydrogen-bond acceptors (Lipinski definition) is 2. The number of hydrogen-bond donors (Lipinski definition) is 0. The molecule has 0 aliphatic heterocycles. The molecule has 0 aliphatic rings. The number of aryl methyl sites for hydroxylation is 2. The third-order valence-electron chi connectivity index (χ3n) is 14.0. The standard InChI is InChI=1S/C62H48N6Si2/c1-65-45-67(61-35-17-15-33-59(61)65)47-21-19-31-53(41-47)69(49-23-7-3-8-24-49,50-25-9-4-10-26-50)55-37-39-63-57(43-55)58-44-56(38-40-64-58)70(51-27-11-5-12-28-51,52-29-13-6-14-30-52)54-32-20-22-48(42-54)68-46-66(2)60-34-16-18-36-62(60)68/h3-44H,1-2H3. The lowest BCUT2D eigenvalue weighted by Crippen LogP contribution is -2.75. The van der Waals surface area contributed by atoms with Crippen molar-refractivity contribution >= 4 is 79.7 Å². The first-order chi connectivity index (χ1) is 34.5. The molecule has 0 radical (unpaired) electrons. The van der Waals surface area contributed by atoms with Gasteiger partial charge in [0.1, 0.15) is 0 Å². The largest absolute Gasteiger partial charge is 0.319 e. The first kappa shape index (κ1) is 42.8. The van der Waals surface area contributed by atoms with E-state index in [1.165, 1.54) is 41.5 Å². The van der Waals surface area contributed by atoms with Crippen LogP contribution in [0.2, 0.25) is 0 Å². The zero-order valence-electron chi connectivity index (χ0n) is 38.9. The zero-order valence-corrected chi connectivity index (χ0v) is 40.9. The van der Waals surface area contributed by atoms with Gasteiger partial charge in [-0.3, -0.25) is 9.97 Å². The lowest BCUT2D eigenvalue weighted by molar-refractivity contribution is -0.573. The van der Waals surface area contributed by atoms with Crippen LogP contribution in [-0.2, 0) is 14.1 Å². The van der Waals surface area contributed by atoms with E-state index in [-0.39, 0.29) is 0 Å². The van der Waals surface area contributed by atoms with Crippen molar-refractivity contribution in [2.75, 3.05) is 0 Å². The van der Waals surface area contributed by atoms with Gasteiger partial charge in [0.2, 0.25) is 12.7 Å². The van der Waals surface area contributed by atoms with Crippen LogP contribution in [0.4, 0.5) is 0 Å². The quantitative estimate of drug-likeness (QED) is 0.0689. The van der Waals surface area contributed by atoms with E-state index >= 15 is 0 Å². The number of aromatic nitrogens is 6. The first-order valence-electron chi connectivity index (χ1n) is 23.7. The Morgan fingerprint density at radius 3 is 1.01 bits per heavy atom. The highest BCUT2D eigenvalue weighted by atomic mass is 28.3. The summed E-state index contributed by atoms with van der Waals surface area (Å²) in [5.41, 5.74) is 8.23. The maximum Gasteiger partial charge on any atom is 0.244 e. The van der Waals surface area contributed by atoms with Gasteiger partial charge in [0.05, 0.1) is 58.9 Å². The first-order valence-corrected chi connectivity index (χ1v) is 27.7. The number of benzene rings is 8. The smallest absolute Gasteiger partial charge is 0.244 e. The fourth-order valence-electron chi connectivity index (χ4n) is 10.9. The van der Waals surface area contributed by atoms with Crippen LogP contribution in [0.5, 0.6) is 0 Å². The molecule has 0 bridgehead atoms. The van der Waals surface area contributed by atoms with E-state index in [1.807, 2.05) is 12.4 Å². The number of rotatable bonds is 11. The average molecular weight is 933 g/mol. The number of pyridine rings is 2. The minimum atomic E-state index is -3.05. The van der Waals surface area contributed by atoms with E-state index in [2.05, 4.69) is 288 Å². The van der Waals surface area contributed by atoms with Crippen molar-refractivity contribution in [1.82, 2.24) is 19.1 Å². The molecule has 0 aliphatic carbocycles. The molecule has 0 atom stereocenters. The summed E-state index contributed by atoms with van der Waals surface area (Å²) in [4.78, 5) is 10.4. The highest BCUT2D eigenvalue weighted by molar-refractivity contribution is 7.20. The molecular weight excluding hydrogens is 885 g/mol. The molecular formula is C62H48N6Si2. The Bertz CT molecular complexity index is 3480. The summed E-state index contributed by atoms with van der Waals surface area (Å²) in [6.07, 6.45) is 11.2. The maximum absolute atomic E-state index is 5.19. The second-order valence-electron chi connectivity index (χ2n) is 17.9. The molecule has 4 heterocycles. The van der Waals surface area contributed by atoms with E-state index in [1.54, 1.807) is 0 Å². The topological polar surface area (TPSA) is 43.4 Å². The Hall–Kier alpha value is -8.57. The zero-order chi connectivity index (χ0) is 47.1. The van der Waals surface area contributed by atoms with Crippen LogP contribution in [0.25, 0.3) is 44.8 Å². The van der Waals surface area contributed by atoms with Gasteiger partial charge in [0.25, 0.3) is 0 Å². The van der Waals surface area contributed by atoms with E-state index in [0.717, 1.165) is 44.8 Å². The van der Waals surface area contributed by atoms with Crippen molar-refractivity contribution in [2.45, 2.75) is 0 Å². The summed E-state index contributed by atoms with van der Waals surface area (Å²) >= 11 is 0. The SMILES string of the molecule is Cn1[c-][n+](-c2cccc([Si](c3ccccc3)(c3ccccc3)c3ccnc(-c4cc([Si](c5ccccc5)(c5ccccc5)c5cccc(-[n+]6[c-]n(C)c7ccccc76)c5)ccn4)c3)c2)c2ccccc21. The van der Waals surface area contributed by atoms with Crippen molar-refractivity contribution < 1.29 is 9.13 Å². The number of imidazole rings is 2. The molecule has 8 heteroatoms. The van der Waals surface area contributed by atoms with E-state index in [4.69, 9.17) is 9.97 Å². The van der Waals surface area contributed by atoms with Gasteiger partial charge in [-0.15, -0.1) is 0 Å². The second kappa shape index (κ2) is 17.8. The predicted molar refractivity (Wildman–Crippen MR) is 288 cm³/mol. The van der Waals surface area contributed by atoms with E-state index in [9.17, 15) is 0 Å². The van der Waals surface area contributed by atoms with Gasteiger partial charge in [-0.05, 0) is 55.4 Å². The molecule has 0 unspecified atom stereocenters. The monoisotopic (exact) mass is 932 g/mol. The molecule has 334 valence electrons. The number of nitrogens with zero attached hydrogens (tertiary/aromatic N) is 6. The molecule has 0 fully saturated rings. The lowest BCUT2D eigenvalue weighted by atomic mass is 10.2.